The molecule has 5 heteroatoms. The van der Waals surface area contributed by atoms with Gasteiger partial charge in [0.15, 0.2) is 0 Å². The fourth-order valence-electron chi connectivity index (χ4n) is 2.98. The van der Waals surface area contributed by atoms with E-state index in [0.717, 1.165) is 9.79 Å². The summed E-state index contributed by atoms with van der Waals surface area (Å²) in [5.74, 6) is -0.367. The SMILES string of the molecule is O=C(Nc1ccc(NC(=O)c2ccccc2)c(Sc2ccccc2)c1)c1ccccc1. The summed E-state index contributed by atoms with van der Waals surface area (Å²) in [6, 6.07) is 33.5. The van der Waals surface area contributed by atoms with Gasteiger partial charge in [-0.2, -0.15) is 0 Å². The molecule has 0 bridgehead atoms. The summed E-state index contributed by atoms with van der Waals surface area (Å²) < 4.78 is 0. The van der Waals surface area contributed by atoms with Crippen LogP contribution in [0, 0.1) is 0 Å². The lowest BCUT2D eigenvalue weighted by atomic mass is 10.2. The first kappa shape index (κ1) is 20.4. The number of anilines is 2. The summed E-state index contributed by atoms with van der Waals surface area (Å²) in [5, 5.41) is 5.92. The number of hydrogen-bond acceptors (Lipinski definition) is 3. The predicted molar refractivity (Wildman–Crippen MR) is 126 cm³/mol. The minimum Gasteiger partial charge on any atom is -0.322 e. The Morgan fingerprint density at radius 2 is 1.10 bits per heavy atom. The van der Waals surface area contributed by atoms with E-state index in [1.165, 1.54) is 11.8 Å². The summed E-state index contributed by atoms with van der Waals surface area (Å²) in [4.78, 5) is 27.1. The molecule has 0 unspecified atom stereocenters. The number of amides is 2. The zero-order valence-electron chi connectivity index (χ0n) is 16.6. The van der Waals surface area contributed by atoms with Crippen LogP contribution in [0.3, 0.4) is 0 Å². The number of hydrogen-bond donors (Lipinski definition) is 2. The lowest BCUT2D eigenvalue weighted by Crippen LogP contribution is -2.14. The average molecular weight is 425 g/mol. The lowest BCUT2D eigenvalue weighted by molar-refractivity contribution is 0.101. The number of benzene rings is 4. The monoisotopic (exact) mass is 424 g/mol. The third-order valence-electron chi connectivity index (χ3n) is 4.53. The van der Waals surface area contributed by atoms with Gasteiger partial charge in [0.1, 0.15) is 0 Å². The Morgan fingerprint density at radius 1 is 0.581 bits per heavy atom. The van der Waals surface area contributed by atoms with Crippen molar-refractivity contribution in [3.05, 3.63) is 120 Å². The van der Waals surface area contributed by atoms with Crippen LogP contribution in [-0.4, -0.2) is 11.8 Å². The molecule has 4 rings (SSSR count). The van der Waals surface area contributed by atoms with Crippen molar-refractivity contribution in [3.8, 4) is 0 Å². The second-order valence-corrected chi connectivity index (χ2v) is 7.88. The summed E-state index contributed by atoms with van der Waals surface area (Å²) in [6.07, 6.45) is 0. The van der Waals surface area contributed by atoms with E-state index >= 15 is 0 Å². The van der Waals surface area contributed by atoms with Crippen LogP contribution >= 0.6 is 11.8 Å². The number of nitrogens with one attached hydrogen (secondary N) is 2. The molecule has 0 atom stereocenters. The molecule has 0 aliphatic rings. The molecule has 0 fully saturated rings. The Kier molecular flexibility index (Phi) is 6.45. The highest BCUT2D eigenvalue weighted by atomic mass is 32.2. The molecule has 0 saturated carbocycles. The summed E-state index contributed by atoms with van der Waals surface area (Å²) >= 11 is 1.52. The molecule has 2 amide bonds. The van der Waals surface area contributed by atoms with E-state index in [9.17, 15) is 9.59 Å². The summed E-state index contributed by atoms with van der Waals surface area (Å²) in [6.45, 7) is 0. The van der Waals surface area contributed by atoms with E-state index in [1.54, 1.807) is 30.3 Å². The lowest BCUT2D eigenvalue weighted by Gasteiger charge is -2.14. The van der Waals surface area contributed by atoms with Gasteiger partial charge in [0, 0.05) is 26.6 Å². The first-order chi connectivity index (χ1) is 15.2. The molecule has 31 heavy (non-hydrogen) atoms. The number of carbonyl (C=O) groups is 2. The molecule has 0 saturated heterocycles. The van der Waals surface area contributed by atoms with Crippen LogP contribution in [0.1, 0.15) is 20.7 Å². The van der Waals surface area contributed by atoms with E-state index in [-0.39, 0.29) is 11.8 Å². The fourth-order valence-corrected chi connectivity index (χ4v) is 3.94. The topological polar surface area (TPSA) is 58.2 Å². The van der Waals surface area contributed by atoms with Crippen molar-refractivity contribution in [2.75, 3.05) is 10.6 Å². The largest absolute Gasteiger partial charge is 0.322 e. The van der Waals surface area contributed by atoms with Crippen molar-refractivity contribution in [1.82, 2.24) is 0 Å². The van der Waals surface area contributed by atoms with Crippen molar-refractivity contribution in [2.45, 2.75) is 9.79 Å². The van der Waals surface area contributed by atoms with Gasteiger partial charge in [0.2, 0.25) is 0 Å². The molecule has 4 nitrogen and oxygen atoms in total. The highest BCUT2D eigenvalue weighted by Gasteiger charge is 2.13. The first-order valence-corrected chi connectivity index (χ1v) is 10.6. The first-order valence-electron chi connectivity index (χ1n) is 9.79. The van der Waals surface area contributed by atoms with Gasteiger partial charge >= 0.3 is 0 Å². The van der Waals surface area contributed by atoms with E-state index in [0.29, 0.717) is 22.5 Å². The van der Waals surface area contributed by atoms with Crippen molar-refractivity contribution < 1.29 is 9.59 Å². The van der Waals surface area contributed by atoms with Gasteiger partial charge in [-0.15, -0.1) is 0 Å². The fraction of sp³-hybridized carbons (Fsp3) is 0. The Labute approximate surface area is 185 Å². The molecular formula is C26H20N2O2S. The van der Waals surface area contributed by atoms with Crippen LogP contribution < -0.4 is 10.6 Å². The van der Waals surface area contributed by atoms with Crippen LogP contribution in [0.25, 0.3) is 0 Å². The number of rotatable bonds is 6. The Hall–Kier alpha value is -3.83. The molecule has 0 heterocycles. The summed E-state index contributed by atoms with van der Waals surface area (Å²) in [7, 11) is 0. The maximum absolute atomic E-state index is 12.7. The molecule has 0 aliphatic heterocycles. The van der Waals surface area contributed by atoms with Gasteiger partial charge in [-0.05, 0) is 54.6 Å². The minimum absolute atomic E-state index is 0.183. The molecule has 0 spiro atoms. The maximum Gasteiger partial charge on any atom is 0.255 e. The summed E-state index contributed by atoms with van der Waals surface area (Å²) in [5.41, 5.74) is 2.51. The highest BCUT2D eigenvalue weighted by Crippen LogP contribution is 2.35. The quantitative estimate of drug-likeness (QED) is 0.380. The van der Waals surface area contributed by atoms with E-state index < -0.39 is 0 Å². The van der Waals surface area contributed by atoms with Gasteiger partial charge in [-0.1, -0.05) is 66.4 Å². The van der Waals surface area contributed by atoms with E-state index in [2.05, 4.69) is 10.6 Å². The Balaban J connectivity index is 1.61. The Morgan fingerprint density at radius 3 is 1.68 bits per heavy atom. The second-order valence-electron chi connectivity index (χ2n) is 6.77. The second kappa shape index (κ2) is 9.78. The van der Waals surface area contributed by atoms with Crippen LogP contribution in [0.4, 0.5) is 11.4 Å². The molecule has 4 aromatic rings. The van der Waals surface area contributed by atoms with Gasteiger partial charge in [0.25, 0.3) is 11.8 Å². The zero-order chi connectivity index (χ0) is 21.5. The van der Waals surface area contributed by atoms with Crippen molar-refractivity contribution in [1.29, 1.82) is 0 Å². The normalized spacial score (nSPS) is 10.3. The van der Waals surface area contributed by atoms with Crippen molar-refractivity contribution >= 4 is 35.0 Å². The van der Waals surface area contributed by atoms with Gasteiger partial charge in [0.05, 0.1) is 5.69 Å². The van der Waals surface area contributed by atoms with Crippen LogP contribution in [0.5, 0.6) is 0 Å². The molecular weight excluding hydrogens is 404 g/mol. The standard InChI is InChI=1S/C26H20N2O2S/c29-25(19-10-4-1-5-11-19)27-21-16-17-23(28-26(30)20-12-6-2-7-13-20)24(18-21)31-22-14-8-3-9-15-22/h1-18H,(H,27,29)(H,28,30). The van der Waals surface area contributed by atoms with Crippen molar-refractivity contribution in [3.63, 3.8) is 0 Å². The third kappa shape index (κ3) is 5.41. The molecule has 0 aliphatic carbocycles. The van der Waals surface area contributed by atoms with Crippen LogP contribution in [0.15, 0.2) is 119 Å². The zero-order valence-corrected chi connectivity index (χ0v) is 17.4. The van der Waals surface area contributed by atoms with Gasteiger partial charge in [-0.25, -0.2) is 0 Å². The molecule has 2 N–H and O–H groups in total. The molecule has 4 aromatic carbocycles. The Bertz CT molecular complexity index is 1180. The van der Waals surface area contributed by atoms with E-state index in [1.807, 2.05) is 78.9 Å². The third-order valence-corrected chi connectivity index (χ3v) is 5.60. The smallest absolute Gasteiger partial charge is 0.255 e. The number of carbonyl (C=O) groups excluding carboxylic acids is 2. The predicted octanol–water partition coefficient (Wildman–Crippen LogP) is 6.34. The molecule has 0 radical (unpaired) electrons. The van der Waals surface area contributed by atoms with Gasteiger partial charge in [-0.3, -0.25) is 9.59 Å². The highest BCUT2D eigenvalue weighted by molar-refractivity contribution is 7.99. The molecule has 152 valence electrons. The maximum atomic E-state index is 12.7. The average Bonchev–Trinajstić information content (AvgIpc) is 2.82. The van der Waals surface area contributed by atoms with Crippen LogP contribution in [0.2, 0.25) is 0 Å². The van der Waals surface area contributed by atoms with Crippen molar-refractivity contribution in [2.24, 2.45) is 0 Å². The molecule has 0 aromatic heterocycles. The van der Waals surface area contributed by atoms with E-state index in [4.69, 9.17) is 0 Å². The van der Waals surface area contributed by atoms with Crippen LogP contribution in [-0.2, 0) is 0 Å². The minimum atomic E-state index is -0.184. The van der Waals surface area contributed by atoms with Gasteiger partial charge < -0.3 is 10.6 Å².